The molecular weight excluding hydrogens is 316 g/mol. The van der Waals surface area contributed by atoms with Crippen LogP contribution in [0.1, 0.15) is 28.8 Å². The van der Waals surface area contributed by atoms with Gasteiger partial charge >= 0.3 is 5.97 Å². The van der Waals surface area contributed by atoms with Crippen LogP contribution in [0.25, 0.3) is 0 Å². The molecule has 0 aliphatic rings. The van der Waals surface area contributed by atoms with Crippen molar-refractivity contribution in [1.82, 2.24) is 4.57 Å². The lowest BCUT2D eigenvalue weighted by atomic mass is 10.2. The van der Waals surface area contributed by atoms with Gasteiger partial charge in [0, 0.05) is 23.7 Å². The van der Waals surface area contributed by atoms with E-state index >= 15 is 0 Å². The SMILES string of the molecule is N#CCCCOC(=O)c1ccc(=O)n(Cc2ccccc2Cl)c1. The van der Waals surface area contributed by atoms with Gasteiger partial charge in [0.1, 0.15) is 0 Å². The second kappa shape index (κ2) is 8.16. The van der Waals surface area contributed by atoms with Crippen LogP contribution in [0.5, 0.6) is 0 Å². The normalized spacial score (nSPS) is 10.1. The van der Waals surface area contributed by atoms with Gasteiger partial charge in [-0.1, -0.05) is 29.8 Å². The van der Waals surface area contributed by atoms with Crippen LogP contribution in [-0.2, 0) is 11.3 Å². The Labute approximate surface area is 138 Å². The van der Waals surface area contributed by atoms with Crippen LogP contribution in [0.2, 0.25) is 5.02 Å². The van der Waals surface area contributed by atoms with E-state index < -0.39 is 5.97 Å². The molecule has 2 rings (SSSR count). The largest absolute Gasteiger partial charge is 0.462 e. The highest BCUT2D eigenvalue weighted by molar-refractivity contribution is 6.31. The number of nitriles is 1. The monoisotopic (exact) mass is 330 g/mol. The van der Waals surface area contributed by atoms with Crippen LogP contribution in [0, 0.1) is 11.3 Å². The molecule has 0 saturated heterocycles. The summed E-state index contributed by atoms with van der Waals surface area (Å²) in [5.74, 6) is -0.518. The lowest BCUT2D eigenvalue weighted by molar-refractivity contribution is 0.0500. The third kappa shape index (κ3) is 4.70. The smallest absolute Gasteiger partial charge is 0.339 e. The summed E-state index contributed by atoms with van der Waals surface area (Å²) in [4.78, 5) is 23.9. The first-order valence-electron chi connectivity index (χ1n) is 7.10. The Balaban J connectivity index is 2.13. The third-order valence-electron chi connectivity index (χ3n) is 3.18. The number of benzene rings is 1. The fraction of sp³-hybridized carbons (Fsp3) is 0.235. The molecule has 6 heteroatoms. The summed E-state index contributed by atoms with van der Waals surface area (Å²) in [6.45, 7) is 0.449. The number of nitrogens with zero attached hydrogens (tertiary/aromatic N) is 2. The van der Waals surface area contributed by atoms with Crippen LogP contribution in [0.15, 0.2) is 47.4 Å². The van der Waals surface area contributed by atoms with Gasteiger partial charge in [-0.3, -0.25) is 4.79 Å². The highest BCUT2D eigenvalue weighted by Gasteiger charge is 2.10. The molecule has 118 valence electrons. The number of carbonyl (C=O) groups excluding carboxylic acids is 1. The first-order chi connectivity index (χ1) is 11.1. The summed E-state index contributed by atoms with van der Waals surface area (Å²) in [6, 6.07) is 11.9. The van der Waals surface area contributed by atoms with E-state index in [9.17, 15) is 9.59 Å². The predicted octanol–water partition coefficient (Wildman–Crippen LogP) is 3.01. The average molecular weight is 331 g/mol. The minimum Gasteiger partial charge on any atom is -0.462 e. The van der Waals surface area contributed by atoms with Crippen LogP contribution in [0.3, 0.4) is 0 Å². The lowest BCUT2D eigenvalue weighted by Crippen LogP contribution is -2.21. The minimum atomic E-state index is -0.518. The summed E-state index contributed by atoms with van der Waals surface area (Å²) < 4.78 is 6.48. The molecule has 0 spiro atoms. The number of carbonyl (C=O) groups is 1. The maximum Gasteiger partial charge on any atom is 0.339 e. The summed E-state index contributed by atoms with van der Waals surface area (Å²) in [5.41, 5.74) is 0.843. The van der Waals surface area contributed by atoms with Gasteiger partial charge in [0.05, 0.1) is 24.8 Å². The molecule has 2 aromatic rings. The number of ether oxygens (including phenoxy) is 1. The van der Waals surface area contributed by atoms with E-state index in [-0.39, 0.29) is 24.3 Å². The van der Waals surface area contributed by atoms with Gasteiger partial charge in [0.25, 0.3) is 5.56 Å². The number of esters is 1. The summed E-state index contributed by atoms with van der Waals surface area (Å²) >= 11 is 6.09. The molecule has 23 heavy (non-hydrogen) atoms. The van der Waals surface area contributed by atoms with Crippen molar-refractivity contribution >= 4 is 17.6 Å². The number of hydrogen-bond acceptors (Lipinski definition) is 4. The molecule has 0 atom stereocenters. The molecule has 0 N–H and O–H groups in total. The quantitative estimate of drug-likeness (QED) is 0.603. The fourth-order valence-electron chi connectivity index (χ4n) is 1.99. The fourth-order valence-corrected chi connectivity index (χ4v) is 2.18. The number of aromatic nitrogens is 1. The van der Waals surface area contributed by atoms with Crippen molar-refractivity contribution in [1.29, 1.82) is 5.26 Å². The van der Waals surface area contributed by atoms with Crippen molar-refractivity contribution in [3.05, 3.63) is 69.1 Å². The Morgan fingerprint density at radius 2 is 2.04 bits per heavy atom. The van der Waals surface area contributed by atoms with Crippen molar-refractivity contribution in [3.8, 4) is 6.07 Å². The molecule has 1 heterocycles. The summed E-state index contributed by atoms with van der Waals surface area (Å²) in [5, 5.41) is 9.00. The van der Waals surface area contributed by atoms with Crippen LogP contribution in [-0.4, -0.2) is 17.1 Å². The van der Waals surface area contributed by atoms with Gasteiger partial charge in [-0.2, -0.15) is 5.26 Å². The number of rotatable bonds is 6. The first kappa shape index (κ1) is 16.8. The van der Waals surface area contributed by atoms with Gasteiger partial charge in [-0.15, -0.1) is 0 Å². The Morgan fingerprint density at radius 3 is 2.78 bits per heavy atom. The first-order valence-corrected chi connectivity index (χ1v) is 7.47. The molecule has 1 aromatic heterocycles. The van der Waals surface area contributed by atoms with Crippen molar-refractivity contribution in [2.75, 3.05) is 6.61 Å². The van der Waals surface area contributed by atoms with E-state index in [1.165, 1.54) is 22.9 Å². The van der Waals surface area contributed by atoms with Crippen molar-refractivity contribution in [3.63, 3.8) is 0 Å². The summed E-state index contributed by atoms with van der Waals surface area (Å²) in [6.07, 6.45) is 2.28. The number of unbranched alkanes of at least 4 members (excludes halogenated alkanes) is 1. The Hall–Kier alpha value is -2.58. The van der Waals surface area contributed by atoms with E-state index in [4.69, 9.17) is 21.6 Å². The number of hydrogen-bond donors (Lipinski definition) is 0. The number of halogens is 1. The van der Waals surface area contributed by atoms with E-state index in [1.807, 2.05) is 24.3 Å². The van der Waals surface area contributed by atoms with Crippen molar-refractivity contribution in [2.45, 2.75) is 19.4 Å². The average Bonchev–Trinajstić information content (AvgIpc) is 2.55. The topological polar surface area (TPSA) is 72.1 Å². The maximum atomic E-state index is 11.9. The van der Waals surface area contributed by atoms with Gasteiger partial charge < -0.3 is 9.30 Å². The Kier molecular flexibility index (Phi) is 5.95. The van der Waals surface area contributed by atoms with E-state index in [0.717, 1.165) is 5.56 Å². The van der Waals surface area contributed by atoms with Crippen molar-refractivity contribution in [2.24, 2.45) is 0 Å². The van der Waals surface area contributed by atoms with Gasteiger partial charge in [-0.25, -0.2) is 4.79 Å². The number of pyridine rings is 1. The molecule has 0 bridgehead atoms. The lowest BCUT2D eigenvalue weighted by Gasteiger charge is -2.09. The van der Waals surface area contributed by atoms with Crippen LogP contribution >= 0.6 is 11.6 Å². The van der Waals surface area contributed by atoms with Gasteiger partial charge in [-0.05, 0) is 24.1 Å². The van der Waals surface area contributed by atoms with Crippen LogP contribution in [0.4, 0.5) is 0 Å². The molecule has 0 unspecified atom stereocenters. The zero-order valence-electron chi connectivity index (χ0n) is 12.4. The zero-order valence-corrected chi connectivity index (χ0v) is 13.1. The second-order valence-corrected chi connectivity index (χ2v) is 5.28. The molecular formula is C17H15ClN2O3. The molecule has 0 saturated carbocycles. The molecule has 0 amide bonds. The van der Waals surface area contributed by atoms with Crippen LogP contribution < -0.4 is 5.56 Å². The van der Waals surface area contributed by atoms with E-state index in [1.54, 1.807) is 6.07 Å². The predicted molar refractivity (Wildman–Crippen MR) is 86.4 cm³/mol. The molecule has 1 aromatic carbocycles. The standard InChI is InChI=1S/C17H15ClN2O3/c18-15-6-2-1-5-13(15)11-20-12-14(7-8-16(20)21)17(22)23-10-4-3-9-19/h1-2,5-8,12H,3-4,10-11H2. The molecule has 0 fully saturated rings. The second-order valence-electron chi connectivity index (χ2n) is 4.87. The van der Waals surface area contributed by atoms with E-state index in [2.05, 4.69) is 0 Å². The third-order valence-corrected chi connectivity index (χ3v) is 3.55. The Bertz CT molecular complexity index is 793. The van der Waals surface area contributed by atoms with Crippen molar-refractivity contribution < 1.29 is 9.53 Å². The minimum absolute atomic E-state index is 0.177. The molecule has 0 aliphatic heterocycles. The highest BCUT2D eigenvalue weighted by atomic mass is 35.5. The highest BCUT2D eigenvalue weighted by Crippen LogP contribution is 2.15. The van der Waals surface area contributed by atoms with Gasteiger partial charge in [0.2, 0.25) is 0 Å². The zero-order chi connectivity index (χ0) is 16.7. The van der Waals surface area contributed by atoms with Gasteiger partial charge in [0.15, 0.2) is 0 Å². The molecule has 0 aliphatic carbocycles. The Morgan fingerprint density at radius 1 is 1.26 bits per heavy atom. The van der Waals surface area contributed by atoms with E-state index in [0.29, 0.717) is 17.9 Å². The molecule has 5 nitrogen and oxygen atoms in total. The molecule has 0 radical (unpaired) electrons. The maximum absolute atomic E-state index is 11.9. The summed E-state index contributed by atoms with van der Waals surface area (Å²) in [7, 11) is 0.